The first-order valence-electron chi connectivity index (χ1n) is 6.15. The van der Waals surface area contributed by atoms with Gasteiger partial charge in [0.05, 0.1) is 27.0 Å². The lowest BCUT2D eigenvalue weighted by Crippen LogP contribution is -2.23. The summed E-state index contributed by atoms with van der Waals surface area (Å²) >= 11 is 0. The largest absolute Gasteiger partial charge is 0.505 e. The average molecular weight is 306 g/mol. The van der Waals surface area contributed by atoms with Crippen molar-refractivity contribution < 1.29 is 24.1 Å². The number of ether oxygens (including phenoxy) is 3. The number of methoxy groups -OCH3 is 3. The second-order valence-corrected chi connectivity index (χ2v) is 4.19. The Labute approximate surface area is 125 Å². The molecular formula is C14H14N2O6. The molecular weight excluding hydrogens is 292 g/mol. The Balaban J connectivity index is 2.66. The minimum atomic E-state index is -0.860. The zero-order valence-electron chi connectivity index (χ0n) is 12.2. The molecule has 0 radical (unpaired) electrons. The van der Waals surface area contributed by atoms with Gasteiger partial charge in [-0.15, -0.1) is 0 Å². The lowest BCUT2D eigenvalue weighted by atomic mass is 10.2. The van der Waals surface area contributed by atoms with Gasteiger partial charge in [0.2, 0.25) is 5.69 Å². The summed E-state index contributed by atoms with van der Waals surface area (Å²) < 4.78 is 15.7. The normalized spacial score (nSPS) is 10.1. The molecule has 22 heavy (non-hydrogen) atoms. The molecule has 0 atom stereocenters. The monoisotopic (exact) mass is 306 g/mol. The van der Waals surface area contributed by atoms with E-state index in [4.69, 9.17) is 9.47 Å². The van der Waals surface area contributed by atoms with Crippen molar-refractivity contribution in [2.24, 2.45) is 0 Å². The molecule has 0 amide bonds. The molecule has 0 spiro atoms. The second-order valence-electron chi connectivity index (χ2n) is 4.19. The van der Waals surface area contributed by atoms with E-state index in [-0.39, 0.29) is 5.69 Å². The fourth-order valence-electron chi connectivity index (χ4n) is 1.79. The van der Waals surface area contributed by atoms with E-state index in [1.54, 1.807) is 6.07 Å². The molecule has 0 saturated heterocycles. The number of esters is 1. The van der Waals surface area contributed by atoms with Crippen LogP contribution in [0.5, 0.6) is 17.2 Å². The van der Waals surface area contributed by atoms with Crippen LogP contribution in [0, 0.1) is 0 Å². The zero-order chi connectivity index (χ0) is 16.3. The highest BCUT2D eigenvalue weighted by Crippen LogP contribution is 2.24. The molecule has 0 aliphatic carbocycles. The van der Waals surface area contributed by atoms with Gasteiger partial charge in [0.25, 0.3) is 5.56 Å². The van der Waals surface area contributed by atoms with Crippen molar-refractivity contribution in [3.63, 3.8) is 0 Å². The van der Waals surface area contributed by atoms with Gasteiger partial charge in [-0.2, -0.15) is 9.78 Å². The molecule has 2 rings (SSSR count). The fourth-order valence-corrected chi connectivity index (χ4v) is 1.79. The van der Waals surface area contributed by atoms with Gasteiger partial charge in [-0.3, -0.25) is 4.79 Å². The van der Waals surface area contributed by atoms with Gasteiger partial charge in [-0.05, 0) is 0 Å². The van der Waals surface area contributed by atoms with E-state index >= 15 is 0 Å². The Morgan fingerprint density at radius 1 is 1.09 bits per heavy atom. The molecule has 8 nitrogen and oxygen atoms in total. The van der Waals surface area contributed by atoms with Crippen molar-refractivity contribution in [1.82, 2.24) is 9.78 Å². The third kappa shape index (κ3) is 2.85. The van der Waals surface area contributed by atoms with Crippen LogP contribution < -0.4 is 15.0 Å². The molecule has 0 saturated carbocycles. The van der Waals surface area contributed by atoms with Crippen molar-refractivity contribution in [2.75, 3.05) is 21.3 Å². The second kappa shape index (κ2) is 6.17. The molecule has 8 heteroatoms. The summed E-state index contributed by atoms with van der Waals surface area (Å²) in [6, 6.07) is 5.57. The number of aromatic nitrogens is 2. The topological polar surface area (TPSA) is 99.9 Å². The highest BCUT2D eigenvalue weighted by molar-refractivity contribution is 5.89. The maximum Gasteiger partial charge on any atom is 0.362 e. The number of carbonyl (C=O) groups is 1. The SMILES string of the molecule is COC(=O)c1nn(-c2cc(OC)cc(OC)c2)c(=O)cc1O. The predicted molar refractivity (Wildman–Crippen MR) is 75.9 cm³/mol. The van der Waals surface area contributed by atoms with Crippen LogP contribution in [-0.4, -0.2) is 42.2 Å². The Hall–Kier alpha value is -3.03. The molecule has 1 aromatic carbocycles. The first-order valence-corrected chi connectivity index (χ1v) is 6.15. The number of carbonyl (C=O) groups excluding carboxylic acids is 1. The van der Waals surface area contributed by atoms with Crippen LogP contribution in [0.3, 0.4) is 0 Å². The standard InChI is InChI=1S/C14H14N2O6/c1-20-9-4-8(5-10(6-9)21-2)16-12(18)7-11(17)13(15-16)14(19)22-3/h4-7,17H,1-3H3. The number of aromatic hydroxyl groups is 1. The van der Waals surface area contributed by atoms with E-state index in [9.17, 15) is 14.7 Å². The lowest BCUT2D eigenvalue weighted by Gasteiger charge is -2.11. The summed E-state index contributed by atoms with van der Waals surface area (Å²) in [4.78, 5) is 23.6. The predicted octanol–water partition coefficient (Wildman–Crippen LogP) is 0.742. The molecule has 116 valence electrons. The third-order valence-electron chi connectivity index (χ3n) is 2.87. The first-order chi connectivity index (χ1) is 10.5. The van der Waals surface area contributed by atoms with Gasteiger partial charge >= 0.3 is 5.97 Å². The Bertz CT molecular complexity index is 746. The van der Waals surface area contributed by atoms with Crippen molar-refractivity contribution in [3.05, 3.63) is 40.3 Å². The Kier molecular flexibility index (Phi) is 4.31. The smallest absolute Gasteiger partial charge is 0.362 e. The summed E-state index contributed by atoms with van der Waals surface area (Å²) in [6.45, 7) is 0. The number of nitrogens with zero attached hydrogens (tertiary/aromatic N) is 2. The van der Waals surface area contributed by atoms with E-state index in [1.165, 1.54) is 26.4 Å². The third-order valence-corrected chi connectivity index (χ3v) is 2.87. The number of hydrogen-bond acceptors (Lipinski definition) is 7. The highest BCUT2D eigenvalue weighted by atomic mass is 16.5. The van der Waals surface area contributed by atoms with Crippen molar-refractivity contribution >= 4 is 5.97 Å². The molecule has 1 aromatic heterocycles. The quantitative estimate of drug-likeness (QED) is 0.832. The van der Waals surface area contributed by atoms with Crippen LogP contribution >= 0.6 is 0 Å². The van der Waals surface area contributed by atoms with E-state index in [1.807, 2.05) is 0 Å². The van der Waals surface area contributed by atoms with Crippen LogP contribution in [0.2, 0.25) is 0 Å². The van der Waals surface area contributed by atoms with Crippen LogP contribution in [-0.2, 0) is 4.74 Å². The molecule has 0 aliphatic heterocycles. The number of hydrogen-bond donors (Lipinski definition) is 1. The molecule has 0 bridgehead atoms. The molecule has 0 aliphatic rings. The van der Waals surface area contributed by atoms with Crippen LogP contribution in [0.4, 0.5) is 0 Å². The first kappa shape index (κ1) is 15.4. The minimum absolute atomic E-state index is 0.311. The van der Waals surface area contributed by atoms with Crippen LogP contribution in [0.15, 0.2) is 29.1 Å². The van der Waals surface area contributed by atoms with Gasteiger partial charge < -0.3 is 19.3 Å². The molecule has 1 heterocycles. The molecule has 2 aromatic rings. The maximum absolute atomic E-state index is 12.0. The molecule has 1 N–H and O–H groups in total. The number of rotatable bonds is 4. The van der Waals surface area contributed by atoms with E-state index in [2.05, 4.69) is 9.84 Å². The molecule has 0 unspecified atom stereocenters. The lowest BCUT2D eigenvalue weighted by molar-refractivity contribution is 0.0588. The van der Waals surface area contributed by atoms with E-state index in [0.29, 0.717) is 17.2 Å². The minimum Gasteiger partial charge on any atom is -0.505 e. The van der Waals surface area contributed by atoms with Gasteiger partial charge in [0.15, 0.2) is 5.75 Å². The summed E-state index contributed by atoms with van der Waals surface area (Å²) in [5, 5.41) is 13.5. The van der Waals surface area contributed by atoms with Gasteiger partial charge in [0, 0.05) is 24.3 Å². The highest BCUT2D eigenvalue weighted by Gasteiger charge is 2.17. The van der Waals surface area contributed by atoms with Crippen molar-refractivity contribution in [1.29, 1.82) is 0 Å². The summed E-state index contributed by atoms with van der Waals surface area (Å²) in [6.07, 6.45) is 0. The van der Waals surface area contributed by atoms with Crippen LogP contribution in [0.25, 0.3) is 5.69 Å². The van der Waals surface area contributed by atoms with Gasteiger partial charge in [0.1, 0.15) is 11.5 Å². The van der Waals surface area contributed by atoms with Crippen molar-refractivity contribution in [3.8, 4) is 22.9 Å². The van der Waals surface area contributed by atoms with Gasteiger partial charge in [-0.1, -0.05) is 0 Å². The zero-order valence-corrected chi connectivity index (χ0v) is 12.2. The van der Waals surface area contributed by atoms with Crippen LogP contribution in [0.1, 0.15) is 10.5 Å². The maximum atomic E-state index is 12.0. The Morgan fingerprint density at radius 3 is 2.18 bits per heavy atom. The summed E-state index contributed by atoms with van der Waals surface area (Å²) in [7, 11) is 4.07. The fraction of sp³-hybridized carbons (Fsp3) is 0.214. The Morgan fingerprint density at radius 2 is 1.68 bits per heavy atom. The molecule has 0 fully saturated rings. The average Bonchev–Trinajstić information content (AvgIpc) is 2.53. The number of benzene rings is 1. The van der Waals surface area contributed by atoms with Gasteiger partial charge in [-0.25, -0.2) is 4.79 Å². The summed E-state index contributed by atoms with van der Waals surface area (Å²) in [5.41, 5.74) is -0.685. The van der Waals surface area contributed by atoms with E-state index < -0.39 is 17.3 Å². The summed E-state index contributed by atoms with van der Waals surface area (Å²) in [5.74, 6) is -0.532. The van der Waals surface area contributed by atoms with Crippen molar-refractivity contribution in [2.45, 2.75) is 0 Å². The van der Waals surface area contributed by atoms with E-state index in [0.717, 1.165) is 17.9 Å².